The third-order valence-electron chi connectivity index (χ3n) is 7.70. The van der Waals surface area contributed by atoms with Crippen LogP contribution in [0.1, 0.15) is 79.1 Å². The lowest BCUT2D eigenvalue weighted by atomic mass is 9.62. The second-order valence-corrected chi connectivity index (χ2v) is 10.5. The van der Waals surface area contributed by atoms with Gasteiger partial charge in [0.25, 0.3) is 0 Å². The number of epoxide rings is 1. The van der Waals surface area contributed by atoms with Crippen molar-refractivity contribution >= 4 is 6.09 Å². The van der Waals surface area contributed by atoms with Gasteiger partial charge in [-0.1, -0.05) is 11.6 Å². The average molecular weight is 453 g/mol. The Morgan fingerprint density at radius 3 is 2.50 bits per heavy atom. The van der Waals surface area contributed by atoms with E-state index in [-0.39, 0.29) is 47.5 Å². The number of nitrogens with two attached hydrogens (primary N) is 1. The lowest BCUT2D eigenvalue weighted by Crippen LogP contribution is -2.57. The standard InChI is InChI=1S/C25H44N2O5/c1-17(2)6-7-18(3)31-19(4)24(15-29-5)14-22(12-13-25(24)16-30-25)32-23(28)27-21-10-8-20(26)9-11-21/h6,18-22H,7-16,26H2,1-5H3,(H,27,28)/t18-,19?,20?,21?,22?,24?,25+/m1/s1. The molecule has 0 aromatic rings. The van der Waals surface area contributed by atoms with Gasteiger partial charge in [-0.3, -0.25) is 0 Å². The Labute approximate surface area is 193 Å². The summed E-state index contributed by atoms with van der Waals surface area (Å²) in [5.41, 5.74) is 6.68. The van der Waals surface area contributed by atoms with Gasteiger partial charge in [0.05, 0.1) is 30.8 Å². The molecule has 1 amide bonds. The number of allylic oxidation sites excluding steroid dienone is 1. The normalized spacial score (nSPS) is 36.2. The number of alkyl carbamates (subject to hydrolysis) is 1. The zero-order valence-electron chi connectivity index (χ0n) is 20.7. The summed E-state index contributed by atoms with van der Waals surface area (Å²) >= 11 is 0. The molecule has 32 heavy (non-hydrogen) atoms. The van der Waals surface area contributed by atoms with Crippen LogP contribution in [0.4, 0.5) is 4.79 Å². The van der Waals surface area contributed by atoms with Crippen molar-refractivity contribution < 1.29 is 23.7 Å². The Kier molecular flexibility index (Phi) is 8.64. The topological polar surface area (TPSA) is 95.3 Å². The van der Waals surface area contributed by atoms with E-state index >= 15 is 0 Å². The summed E-state index contributed by atoms with van der Waals surface area (Å²) in [4.78, 5) is 12.6. The average Bonchev–Trinajstić information content (AvgIpc) is 3.52. The Morgan fingerprint density at radius 2 is 1.91 bits per heavy atom. The molecule has 3 fully saturated rings. The zero-order chi connectivity index (χ0) is 23.4. The molecule has 3 unspecified atom stereocenters. The summed E-state index contributed by atoms with van der Waals surface area (Å²) in [5.74, 6) is 0. The van der Waals surface area contributed by atoms with Gasteiger partial charge in [0, 0.05) is 19.2 Å². The molecule has 0 aromatic heterocycles. The first-order chi connectivity index (χ1) is 15.2. The van der Waals surface area contributed by atoms with E-state index in [1.165, 1.54) is 5.57 Å². The van der Waals surface area contributed by atoms with E-state index in [1.54, 1.807) is 7.11 Å². The Morgan fingerprint density at radius 1 is 1.22 bits per heavy atom. The summed E-state index contributed by atoms with van der Waals surface area (Å²) in [6.07, 6.45) is 8.65. The van der Waals surface area contributed by atoms with Crippen molar-refractivity contribution in [2.75, 3.05) is 20.3 Å². The van der Waals surface area contributed by atoms with Gasteiger partial charge in [-0.15, -0.1) is 0 Å². The van der Waals surface area contributed by atoms with E-state index in [0.717, 1.165) is 44.9 Å². The molecule has 1 heterocycles. The second kappa shape index (κ2) is 10.9. The highest BCUT2D eigenvalue weighted by Gasteiger charge is 2.66. The van der Waals surface area contributed by atoms with Gasteiger partial charge in [0.1, 0.15) is 11.7 Å². The number of amides is 1. The first kappa shape index (κ1) is 25.5. The van der Waals surface area contributed by atoms with E-state index in [9.17, 15) is 4.79 Å². The van der Waals surface area contributed by atoms with E-state index in [1.807, 2.05) is 0 Å². The van der Waals surface area contributed by atoms with Crippen LogP contribution in [0.2, 0.25) is 0 Å². The van der Waals surface area contributed by atoms with E-state index in [4.69, 9.17) is 24.7 Å². The number of hydrogen-bond acceptors (Lipinski definition) is 6. The molecule has 1 saturated heterocycles. The number of ether oxygens (including phenoxy) is 4. The van der Waals surface area contributed by atoms with Crippen LogP contribution in [0.5, 0.6) is 0 Å². The molecular formula is C25H44N2O5. The van der Waals surface area contributed by atoms with E-state index < -0.39 is 0 Å². The van der Waals surface area contributed by atoms with Gasteiger partial charge in [-0.25, -0.2) is 4.79 Å². The Hall–Kier alpha value is -1.15. The fraction of sp³-hybridized carbons (Fsp3) is 0.880. The third-order valence-corrected chi connectivity index (χ3v) is 7.70. The molecule has 2 saturated carbocycles. The highest BCUT2D eigenvalue weighted by atomic mass is 16.6. The minimum Gasteiger partial charge on any atom is -0.446 e. The van der Waals surface area contributed by atoms with E-state index in [2.05, 4.69) is 39.1 Å². The summed E-state index contributed by atoms with van der Waals surface area (Å²) < 4.78 is 24.2. The first-order valence-electron chi connectivity index (χ1n) is 12.3. The lowest BCUT2D eigenvalue weighted by molar-refractivity contribution is -0.157. The first-order valence-corrected chi connectivity index (χ1v) is 12.3. The SMILES string of the molecule is COCC1(C(C)O[C@H](C)CC=C(C)C)CC(OC(=O)NC2CCC(N)CC2)CC[C@]12CO2. The highest BCUT2D eigenvalue weighted by Crippen LogP contribution is 2.57. The van der Waals surface area contributed by atoms with Gasteiger partial charge in [-0.05, 0) is 79.1 Å². The maximum absolute atomic E-state index is 12.6. The van der Waals surface area contributed by atoms with Crippen LogP contribution >= 0.6 is 0 Å². The van der Waals surface area contributed by atoms with Crippen molar-refractivity contribution in [1.82, 2.24) is 5.32 Å². The minimum atomic E-state index is -0.345. The summed E-state index contributed by atoms with van der Waals surface area (Å²) in [7, 11) is 1.72. The number of carbonyl (C=O) groups is 1. The molecule has 3 aliphatic rings. The highest BCUT2D eigenvalue weighted by molar-refractivity contribution is 5.67. The van der Waals surface area contributed by atoms with Gasteiger partial charge in [0.15, 0.2) is 0 Å². The third kappa shape index (κ3) is 6.04. The molecule has 7 heteroatoms. The molecule has 2 aliphatic carbocycles. The fourth-order valence-electron chi connectivity index (χ4n) is 5.61. The number of carbonyl (C=O) groups excluding carboxylic acids is 1. The van der Waals surface area contributed by atoms with Gasteiger partial charge in [-0.2, -0.15) is 0 Å². The molecule has 7 nitrogen and oxygen atoms in total. The van der Waals surface area contributed by atoms with Gasteiger partial charge < -0.3 is 30.0 Å². The quantitative estimate of drug-likeness (QED) is 0.404. The minimum absolute atomic E-state index is 0.0835. The van der Waals surface area contributed by atoms with Crippen molar-refractivity contribution in [2.24, 2.45) is 11.1 Å². The number of rotatable bonds is 9. The maximum Gasteiger partial charge on any atom is 0.407 e. The number of methoxy groups -OCH3 is 1. The predicted octanol–water partition coefficient (Wildman–Crippen LogP) is 4.09. The van der Waals surface area contributed by atoms with Crippen molar-refractivity contribution in [1.29, 1.82) is 0 Å². The molecule has 1 spiro atoms. The number of nitrogens with one attached hydrogen (secondary N) is 1. The smallest absolute Gasteiger partial charge is 0.407 e. The van der Waals surface area contributed by atoms with Crippen molar-refractivity contribution in [3.05, 3.63) is 11.6 Å². The predicted molar refractivity (Wildman–Crippen MR) is 125 cm³/mol. The molecule has 0 aromatic carbocycles. The molecule has 0 bridgehead atoms. The molecule has 5 atom stereocenters. The number of hydrogen-bond donors (Lipinski definition) is 2. The van der Waals surface area contributed by atoms with E-state index in [0.29, 0.717) is 19.6 Å². The molecule has 3 N–H and O–H groups in total. The van der Waals surface area contributed by atoms with Crippen LogP contribution in [-0.2, 0) is 18.9 Å². The van der Waals surface area contributed by atoms with Crippen LogP contribution in [0, 0.1) is 5.41 Å². The fourth-order valence-corrected chi connectivity index (χ4v) is 5.61. The van der Waals surface area contributed by atoms with Crippen molar-refractivity contribution in [3.63, 3.8) is 0 Å². The van der Waals surface area contributed by atoms with Crippen LogP contribution in [0.15, 0.2) is 11.6 Å². The van der Waals surface area contributed by atoms with Crippen LogP contribution < -0.4 is 11.1 Å². The zero-order valence-corrected chi connectivity index (χ0v) is 20.7. The van der Waals surface area contributed by atoms with Crippen LogP contribution in [0.3, 0.4) is 0 Å². The lowest BCUT2D eigenvalue weighted by Gasteiger charge is -2.48. The monoisotopic (exact) mass is 452 g/mol. The summed E-state index contributed by atoms with van der Waals surface area (Å²) in [6, 6.07) is 0.415. The van der Waals surface area contributed by atoms with Gasteiger partial charge >= 0.3 is 6.09 Å². The molecule has 184 valence electrons. The summed E-state index contributed by atoms with van der Waals surface area (Å²) in [5, 5.41) is 3.05. The van der Waals surface area contributed by atoms with Crippen LogP contribution in [0.25, 0.3) is 0 Å². The van der Waals surface area contributed by atoms with Crippen molar-refractivity contribution in [2.45, 2.75) is 115 Å². The Balaban J connectivity index is 1.63. The summed E-state index contributed by atoms with van der Waals surface area (Å²) in [6.45, 7) is 9.67. The van der Waals surface area contributed by atoms with Gasteiger partial charge in [0.2, 0.25) is 0 Å². The molecule has 0 radical (unpaired) electrons. The largest absolute Gasteiger partial charge is 0.446 e. The maximum atomic E-state index is 12.6. The second-order valence-electron chi connectivity index (χ2n) is 10.5. The van der Waals surface area contributed by atoms with Crippen molar-refractivity contribution in [3.8, 4) is 0 Å². The molecule has 1 aliphatic heterocycles. The van der Waals surface area contributed by atoms with Crippen LogP contribution in [-0.4, -0.2) is 62.4 Å². The Bertz CT molecular complexity index is 653. The molecule has 3 rings (SSSR count). The molecular weight excluding hydrogens is 408 g/mol.